The number of pyridine rings is 1. The van der Waals surface area contributed by atoms with E-state index in [2.05, 4.69) is 20.2 Å². The molecule has 37 heavy (non-hydrogen) atoms. The monoisotopic (exact) mass is 500 g/mol. The summed E-state index contributed by atoms with van der Waals surface area (Å²) in [5, 5.41) is 3.26. The number of aliphatic imine (C=N–C) groups is 1. The topological polar surface area (TPSA) is 76.0 Å². The first-order valence-electron chi connectivity index (χ1n) is 12.9. The van der Waals surface area contributed by atoms with Gasteiger partial charge >= 0.3 is 0 Å². The Morgan fingerprint density at radius 3 is 2.68 bits per heavy atom. The minimum Gasteiger partial charge on any atom is -0.497 e. The summed E-state index contributed by atoms with van der Waals surface area (Å²) in [6.45, 7) is 7.15. The Hall–Kier alpha value is -3.71. The largest absolute Gasteiger partial charge is 0.497 e. The molecular weight excluding hydrogens is 464 g/mol. The highest BCUT2D eigenvalue weighted by Gasteiger charge is 2.28. The fourth-order valence-electron chi connectivity index (χ4n) is 4.67. The van der Waals surface area contributed by atoms with Crippen LogP contribution in [0.15, 0.2) is 71.9 Å². The third kappa shape index (κ3) is 7.17. The van der Waals surface area contributed by atoms with E-state index in [-0.39, 0.29) is 17.9 Å². The molecule has 2 heterocycles. The summed E-state index contributed by atoms with van der Waals surface area (Å²) in [6.07, 6.45) is 5.19. The highest BCUT2D eigenvalue weighted by molar-refractivity contribution is 5.79. The molecule has 1 aliphatic heterocycles. The Labute approximate surface area is 219 Å². The van der Waals surface area contributed by atoms with E-state index in [1.54, 1.807) is 19.5 Å². The molecule has 1 saturated heterocycles. The van der Waals surface area contributed by atoms with Crippen LogP contribution in [0.5, 0.6) is 11.5 Å². The molecule has 1 unspecified atom stereocenters. The summed E-state index contributed by atoms with van der Waals surface area (Å²) in [7, 11) is 1.64. The van der Waals surface area contributed by atoms with Gasteiger partial charge in [0.1, 0.15) is 18.1 Å². The van der Waals surface area contributed by atoms with Crippen molar-refractivity contribution in [3.63, 3.8) is 0 Å². The van der Waals surface area contributed by atoms with E-state index in [0.29, 0.717) is 6.61 Å². The van der Waals surface area contributed by atoms with Gasteiger partial charge < -0.3 is 14.8 Å². The lowest BCUT2D eigenvalue weighted by molar-refractivity contribution is -0.127. The van der Waals surface area contributed by atoms with Crippen LogP contribution in [0.1, 0.15) is 42.6 Å². The van der Waals surface area contributed by atoms with E-state index < -0.39 is 0 Å². The first kappa shape index (κ1) is 26.4. The molecule has 0 spiro atoms. The maximum absolute atomic E-state index is 13.3. The van der Waals surface area contributed by atoms with Crippen LogP contribution < -0.4 is 14.8 Å². The molecule has 1 N–H and O–H groups in total. The SMILES string of the molecule is CC=Nc1ccc(OCCN2CCC(C(=O)NC(c3cccc(OC)c3)c3ccccn3)CC2)cc1C. The second kappa shape index (κ2) is 13.0. The predicted molar refractivity (Wildman–Crippen MR) is 147 cm³/mol. The number of aryl methyl sites for hydroxylation is 1. The average Bonchev–Trinajstić information content (AvgIpc) is 2.94. The molecular formula is C30H36N4O3. The molecule has 1 amide bonds. The van der Waals surface area contributed by atoms with E-state index in [1.165, 1.54) is 0 Å². The van der Waals surface area contributed by atoms with Crippen molar-refractivity contribution in [2.75, 3.05) is 33.4 Å². The highest BCUT2D eigenvalue weighted by Crippen LogP contribution is 2.27. The number of benzene rings is 2. The van der Waals surface area contributed by atoms with Gasteiger partial charge in [0.15, 0.2) is 0 Å². The number of nitrogens with one attached hydrogen (secondary N) is 1. The quantitative estimate of drug-likeness (QED) is 0.391. The Balaban J connectivity index is 1.29. The zero-order valence-electron chi connectivity index (χ0n) is 21.9. The summed E-state index contributed by atoms with van der Waals surface area (Å²) < 4.78 is 11.4. The second-order valence-corrected chi connectivity index (χ2v) is 9.27. The number of aromatic nitrogens is 1. The molecule has 3 aromatic rings. The predicted octanol–water partition coefficient (Wildman–Crippen LogP) is 5.12. The molecule has 1 fully saturated rings. The smallest absolute Gasteiger partial charge is 0.224 e. The van der Waals surface area contributed by atoms with Crippen LogP contribution in [0.3, 0.4) is 0 Å². The number of methoxy groups -OCH3 is 1. The molecule has 1 aromatic heterocycles. The minimum absolute atomic E-state index is 0.0247. The molecule has 0 saturated carbocycles. The number of carbonyl (C=O) groups excluding carboxylic acids is 1. The number of carbonyl (C=O) groups is 1. The number of likely N-dealkylation sites (tertiary alicyclic amines) is 1. The van der Waals surface area contributed by atoms with Gasteiger partial charge in [-0.25, -0.2) is 0 Å². The Morgan fingerprint density at radius 2 is 1.97 bits per heavy atom. The van der Waals surface area contributed by atoms with Gasteiger partial charge in [0.2, 0.25) is 5.91 Å². The lowest BCUT2D eigenvalue weighted by Crippen LogP contribution is -2.42. The summed E-state index contributed by atoms with van der Waals surface area (Å²) >= 11 is 0. The molecule has 2 aromatic carbocycles. The lowest BCUT2D eigenvalue weighted by Gasteiger charge is -2.32. The van der Waals surface area contributed by atoms with Crippen molar-refractivity contribution in [2.24, 2.45) is 10.9 Å². The number of amides is 1. The summed E-state index contributed by atoms with van der Waals surface area (Å²) in [4.78, 5) is 24.5. The van der Waals surface area contributed by atoms with Crippen LogP contribution in [-0.2, 0) is 4.79 Å². The number of piperidine rings is 1. The summed E-state index contributed by atoms with van der Waals surface area (Å²) in [6, 6.07) is 19.2. The Bertz CT molecular complexity index is 1190. The number of hydrogen-bond acceptors (Lipinski definition) is 6. The third-order valence-corrected chi connectivity index (χ3v) is 6.77. The highest BCUT2D eigenvalue weighted by atomic mass is 16.5. The van der Waals surface area contributed by atoms with Crippen molar-refractivity contribution in [2.45, 2.75) is 32.7 Å². The van der Waals surface area contributed by atoms with Crippen molar-refractivity contribution in [1.29, 1.82) is 0 Å². The first-order chi connectivity index (χ1) is 18.1. The van der Waals surface area contributed by atoms with Crippen molar-refractivity contribution in [1.82, 2.24) is 15.2 Å². The molecule has 0 aliphatic carbocycles. The third-order valence-electron chi connectivity index (χ3n) is 6.77. The van der Waals surface area contributed by atoms with Crippen molar-refractivity contribution in [3.8, 4) is 11.5 Å². The van der Waals surface area contributed by atoms with E-state index in [4.69, 9.17) is 9.47 Å². The zero-order valence-corrected chi connectivity index (χ0v) is 21.9. The van der Waals surface area contributed by atoms with Gasteiger partial charge in [0.05, 0.1) is 24.5 Å². The number of nitrogens with zero attached hydrogens (tertiary/aromatic N) is 3. The normalized spacial score (nSPS) is 15.4. The van der Waals surface area contributed by atoms with E-state index in [1.807, 2.05) is 74.5 Å². The molecule has 7 heteroatoms. The van der Waals surface area contributed by atoms with Crippen molar-refractivity contribution < 1.29 is 14.3 Å². The fraction of sp³-hybridized carbons (Fsp3) is 0.367. The fourth-order valence-corrected chi connectivity index (χ4v) is 4.67. The summed E-state index contributed by atoms with van der Waals surface area (Å²) in [5.74, 6) is 1.66. The Kier molecular flexibility index (Phi) is 9.27. The van der Waals surface area contributed by atoms with Crippen LogP contribution in [0, 0.1) is 12.8 Å². The van der Waals surface area contributed by atoms with Crippen LogP contribution in [-0.4, -0.2) is 55.4 Å². The van der Waals surface area contributed by atoms with Crippen molar-refractivity contribution >= 4 is 17.8 Å². The van der Waals surface area contributed by atoms with Gasteiger partial charge in [-0.3, -0.25) is 19.7 Å². The van der Waals surface area contributed by atoms with Crippen LogP contribution in [0.4, 0.5) is 5.69 Å². The molecule has 0 radical (unpaired) electrons. The molecule has 0 bridgehead atoms. The van der Waals surface area contributed by atoms with Gasteiger partial charge in [0, 0.05) is 24.9 Å². The standard InChI is InChI=1S/C30H36N4O3/c1-4-31-27-12-11-26(20-22(27)2)37-19-18-34-16-13-23(14-17-34)30(35)33-29(28-10-5-6-15-32-28)24-8-7-9-25(21-24)36-3/h4-12,15,20-21,23,29H,13-14,16-19H2,1-3H3,(H,33,35). The van der Waals surface area contributed by atoms with E-state index in [0.717, 1.165) is 66.5 Å². The van der Waals surface area contributed by atoms with Crippen LogP contribution in [0.25, 0.3) is 0 Å². The average molecular weight is 501 g/mol. The second-order valence-electron chi connectivity index (χ2n) is 9.27. The maximum Gasteiger partial charge on any atom is 0.224 e. The van der Waals surface area contributed by atoms with Crippen LogP contribution in [0.2, 0.25) is 0 Å². The van der Waals surface area contributed by atoms with E-state index >= 15 is 0 Å². The van der Waals surface area contributed by atoms with Gasteiger partial charge in [-0.05, 0) is 93.4 Å². The number of ether oxygens (including phenoxy) is 2. The zero-order chi connectivity index (χ0) is 26.0. The first-order valence-corrected chi connectivity index (χ1v) is 12.9. The summed E-state index contributed by atoms with van der Waals surface area (Å²) in [5.41, 5.74) is 3.82. The van der Waals surface area contributed by atoms with Gasteiger partial charge in [0.25, 0.3) is 0 Å². The molecule has 1 atom stereocenters. The van der Waals surface area contributed by atoms with Gasteiger partial charge in [-0.15, -0.1) is 0 Å². The molecule has 4 rings (SSSR count). The van der Waals surface area contributed by atoms with Gasteiger partial charge in [-0.2, -0.15) is 0 Å². The Morgan fingerprint density at radius 1 is 1.14 bits per heavy atom. The van der Waals surface area contributed by atoms with Crippen LogP contribution >= 0.6 is 0 Å². The number of hydrogen-bond donors (Lipinski definition) is 1. The van der Waals surface area contributed by atoms with E-state index in [9.17, 15) is 4.79 Å². The maximum atomic E-state index is 13.3. The lowest BCUT2D eigenvalue weighted by atomic mass is 9.94. The molecule has 1 aliphatic rings. The number of rotatable bonds is 10. The molecule has 7 nitrogen and oxygen atoms in total. The van der Waals surface area contributed by atoms with Crippen molar-refractivity contribution in [3.05, 3.63) is 83.7 Å². The molecule has 194 valence electrons. The van der Waals surface area contributed by atoms with Gasteiger partial charge in [-0.1, -0.05) is 18.2 Å². The minimum atomic E-state index is -0.326.